The lowest BCUT2D eigenvalue weighted by atomic mass is 10.1. The van der Waals surface area contributed by atoms with Gasteiger partial charge in [-0.05, 0) is 24.9 Å². The van der Waals surface area contributed by atoms with Gasteiger partial charge in [0.15, 0.2) is 0 Å². The van der Waals surface area contributed by atoms with Crippen molar-refractivity contribution in [3.05, 3.63) is 35.9 Å². The smallest absolute Gasteiger partial charge is 0.142 e. The summed E-state index contributed by atoms with van der Waals surface area (Å²) in [4.78, 5) is 7.99. The van der Waals surface area contributed by atoms with Crippen molar-refractivity contribution < 1.29 is 4.84 Å². The number of hydrogen-bond donors (Lipinski definition) is 0. The molecule has 0 spiro atoms. The highest BCUT2D eigenvalue weighted by Gasteiger charge is 2.34. The molecule has 2 aliphatic rings. The first-order valence-electron chi connectivity index (χ1n) is 6.40. The van der Waals surface area contributed by atoms with Gasteiger partial charge in [0, 0.05) is 13.0 Å². The Labute approximate surface area is 102 Å². The normalized spacial score (nSPS) is 26.4. The number of rotatable bonds is 3. The van der Waals surface area contributed by atoms with Crippen LogP contribution in [0.15, 0.2) is 35.5 Å². The second-order valence-electron chi connectivity index (χ2n) is 4.79. The highest BCUT2D eigenvalue weighted by molar-refractivity contribution is 5.91. The number of nitrogens with zero attached hydrogens (tertiary/aromatic N) is 2. The average Bonchev–Trinajstić information content (AvgIpc) is 2.95. The fourth-order valence-corrected chi connectivity index (χ4v) is 2.77. The quantitative estimate of drug-likeness (QED) is 0.745. The molecule has 1 unspecified atom stereocenters. The monoisotopic (exact) mass is 230 g/mol. The SMILES string of the molecule is c1ccc(CON=C2CCN3CCCC23)cc1. The molecular weight excluding hydrogens is 212 g/mol. The summed E-state index contributed by atoms with van der Waals surface area (Å²) < 4.78 is 0. The van der Waals surface area contributed by atoms with E-state index in [1.54, 1.807) is 0 Å². The largest absolute Gasteiger partial charge is 0.391 e. The molecule has 3 rings (SSSR count). The van der Waals surface area contributed by atoms with E-state index in [-0.39, 0.29) is 0 Å². The molecule has 1 aromatic rings. The van der Waals surface area contributed by atoms with Gasteiger partial charge in [-0.1, -0.05) is 35.5 Å². The van der Waals surface area contributed by atoms with Crippen LogP contribution in [-0.2, 0) is 11.4 Å². The molecule has 2 fully saturated rings. The van der Waals surface area contributed by atoms with Crippen molar-refractivity contribution in [2.24, 2.45) is 5.16 Å². The van der Waals surface area contributed by atoms with E-state index in [0.717, 1.165) is 13.0 Å². The van der Waals surface area contributed by atoms with Gasteiger partial charge in [0.2, 0.25) is 0 Å². The van der Waals surface area contributed by atoms with Gasteiger partial charge < -0.3 is 4.84 Å². The zero-order chi connectivity index (χ0) is 11.5. The van der Waals surface area contributed by atoms with Crippen LogP contribution < -0.4 is 0 Å². The van der Waals surface area contributed by atoms with Crippen LogP contribution in [0.3, 0.4) is 0 Å². The van der Waals surface area contributed by atoms with Crippen molar-refractivity contribution in [2.45, 2.75) is 31.9 Å². The van der Waals surface area contributed by atoms with E-state index >= 15 is 0 Å². The zero-order valence-corrected chi connectivity index (χ0v) is 10.0. The van der Waals surface area contributed by atoms with Crippen LogP contribution in [0.1, 0.15) is 24.8 Å². The van der Waals surface area contributed by atoms with Gasteiger partial charge >= 0.3 is 0 Å². The summed E-state index contributed by atoms with van der Waals surface area (Å²) in [6, 6.07) is 10.8. The van der Waals surface area contributed by atoms with Crippen molar-refractivity contribution in [1.29, 1.82) is 0 Å². The van der Waals surface area contributed by atoms with E-state index in [1.165, 1.54) is 30.7 Å². The summed E-state index contributed by atoms with van der Waals surface area (Å²) in [5.74, 6) is 0. The second kappa shape index (κ2) is 4.88. The Bertz CT molecular complexity index is 402. The van der Waals surface area contributed by atoms with Crippen molar-refractivity contribution in [2.75, 3.05) is 13.1 Å². The Balaban J connectivity index is 1.57. The highest BCUT2D eigenvalue weighted by atomic mass is 16.6. The van der Waals surface area contributed by atoms with Crippen molar-refractivity contribution in [3.8, 4) is 0 Å². The van der Waals surface area contributed by atoms with E-state index in [4.69, 9.17) is 4.84 Å². The molecule has 90 valence electrons. The lowest BCUT2D eigenvalue weighted by Gasteiger charge is -2.12. The van der Waals surface area contributed by atoms with Gasteiger partial charge in [0.1, 0.15) is 6.61 Å². The fraction of sp³-hybridized carbons (Fsp3) is 0.500. The third-order valence-corrected chi connectivity index (χ3v) is 3.66. The lowest BCUT2D eigenvalue weighted by molar-refractivity contribution is 0.129. The first-order chi connectivity index (χ1) is 8.43. The molecule has 2 heterocycles. The lowest BCUT2D eigenvalue weighted by Crippen LogP contribution is -2.26. The summed E-state index contributed by atoms with van der Waals surface area (Å²) in [6.45, 7) is 2.98. The minimum atomic E-state index is 0.575. The standard InChI is InChI=1S/C14H18N2O/c1-2-5-12(6-3-1)11-17-15-13-8-10-16-9-4-7-14(13)16/h1-3,5-6,14H,4,7-11H2. The third-order valence-electron chi connectivity index (χ3n) is 3.66. The first-order valence-corrected chi connectivity index (χ1v) is 6.40. The molecule has 17 heavy (non-hydrogen) atoms. The van der Waals surface area contributed by atoms with E-state index < -0.39 is 0 Å². The van der Waals surface area contributed by atoms with Crippen LogP contribution in [0.5, 0.6) is 0 Å². The van der Waals surface area contributed by atoms with Crippen molar-refractivity contribution >= 4 is 5.71 Å². The molecule has 0 bridgehead atoms. The summed E-state index contributed by atoms with van der Waals surface area (Å²) in [5, 5.41) is 4.34. The second-order valence-corrected chi connectivity index (χ2v) is 4.79. The molecule has 0 amide bonds. The predicted octanol–water partition coefficient (Wildman–Crippen LogP) is 2.43. The molecule has 2 saturated heterocycles. The molecule has 0 aromatic heterocycles. The van der Waals surface area contributed by atoms with Gasteiger partial charge in [-0.25, -0.2) is 0 Å². The van der Waals surface area contributed by atoms with Gasteiger partial charge in [-0.15, -0.1) is 0 Å². The first kappa shape index (κ1) is 10.8. The molecule has 1 atom stereocenters. The van der Waals surface area contributed by atoms with Gasteiger partial charge in [-0.2, -0.15) is 0 Å². The van der Waals surface area contributed by atoms with Crippen LogP contribution in [0.25, 0.3) is 0 Å². The molecule has 0 aliphatic carbocycles. The third kappa shape index (κ3) is 2.34. The van der Waals surface area contributed by atoms with Gasteiger partial charge in [0.05, 0.1) is 11.8 Å². The van der Waals surface area contributed by atoms with Gasteiger partial charge in [-0.3, -0.25) is 4.90 Å². The molecule has 0 radical (unpaired) electrons. The Hall–Kier alpha value is -1.35. The molecule has 0 saturated carbocycles. The summed E-state index contributed by atoms with van der Waals surface area (Å²) in [5.41, 5.74) is 2.43. The predicted molar refractivity (Wildman–Crippen MR) is 67.9 cm³/mol. The number of oxime groups is 1. The Morgan fingerprint density at radius 2 is 2.12 bits per heavy atom. The molecule has 3 heteroatoms. The molecular formula is C14H18N2O. The number of benzene rings is 1. The minimum Gasteiger partial charge on any atom is -0.391 e. The van der Waals surface area contributed by atoms with E-state index in [9.17, 15) is 0 Å². The van der Waals surface area contributed by atoms with Crippen LogP contribution in [0, 0.1) is 0 Å². The van der Waals surface area contributed by atoms with E-state index in [0.29, 0.717) is 12.6 Å². The van der Waals surface area contributed by atoms with Crippen LogP contribution in [-0.4, -0.2) is 29.7 Å². The van der Waals surface area contributed by atoms with Crippen LogP contribution >= 0.6 is 0 Å². The number of fused-ring (bicyclic) bond motifs is 1. The maximum Gasteiger partial charge on any atom is 0.142 e. The summed E-state index contributed by atoms with van der Waals surface area (Å²) >= 11 is 0. The molecule has 1 aromatic carbocycles. The average molecular weight is 230 g/mol. The van der Waals surface area contributed by atoms with Gasteiger partial charge in [0.25, 0.3) is 0 Å². The Morgan fingerprint density at radius 1 is 1.24 bits per heavy atom. The van der Waals surface area contributed by atoms with Crippen molar-refractivity contribution in [3.63, 3.8) is 0 Å². The topological polar surface area (TPSA) is 24.8 Å². The fourth-order valence-electron chi connectivity index (χ4n) is 2.77. The van der Waals surface area contributed by atoms with Crippen molar-refractivity contribution in [1.82, 2.24) is 4.90 Å². The maximum atomic E-state index is 5.47. The van der Waals surface area contributed by atoms with Crippen LogP contribution in [0.2, 0.25) is 0 Å². The molecule has 2 aliphatic heterocycles. The van der Waals surface area contributed by atoms with E-state index in [1.807, 2.05) is 18.2 Å². The highest BCUT2D eigenvalue weighted by Crippen LogP contribution is 2.25. The molecule has 0 N–H and O–H groups in total. The number of hydrogen-bond acceptors (Lipinski definition) is 3. The molecule has 3 nitrogen and oxygen atoms in total. The Morgan fingerprint density at radius 3 is 3.00 bits per heavy atom. The summed E-state index contributed by atoms with van der Waals surface area (Å²) in [7, 11) is 0. The minimum absolute atomic E-state index is 0.575. The summed E-state index contributed by atoms with van der Waals surface area (Å²) in [6.07, 6.45) is 3.65. The van der Waals surface area contributed by atoms with Crippen LogP contribution in [0.4, 0.5) is 0 Å². The maximum absolute atomic E-state index is 5.47. The Kier molecular flexibility index (Phi) is 3.10. The van der Waals surface area contributed by atoms with E-state index in [2.05, 4.69) is 22.2 Å². The zero-order valence-electron chi connectivity index (χ0n) is 10.0.